The van der Waals surface area contributed by atoms with Crippen molar-refractivity contribution >= 4 is 35.6 Å². The van der Waals surface area contributed by atoms with Crippen LogP contribution in [-0.4, -0.2) is 43.9 Å². The Balaban J connectivity index is 0.00000441. The quantitative estimate of drug-likeness (QED) is 0.413. The standard InChI is InChI=1S/C13H19F3N4O.HI/c1-3-20(2)9-8-18-12(17)19-10-4-6-11(7-5-10)21-13(14,15)16;/h4-7H,3,8-9H2,1-2H3,(H3,17,18,19);1H. The highest BCUT2D eigenvalue weighted by Crippen LogP contribution is 2.23. The zero-order valence-corrected chi connectivity index (χ0v) is 14.7. The first-order valence-electron chi connectivity index (χ1n) is 6.41. The third-order valence-electron chi connectivity index (χ3n) is 2.66. The molecule has 22 heavy (non-hydrogen) atoms. The van der Waals surface area contributed by atoms with E-state index in [9.17, 15) is 13.2 Å². The van der Waals surface area contributed by atoms with Crippen molar-refractivity contribution in [1.82, 2.24) is 4.90 Å². The monoisotopic (exact) mass is 432 g/mol. The number of benzene rings is 1. The van der Waals surface area contributed by atoms with E-state index in [4.69, 9.17) is 5.73 Å². The summed E-state index contributed by atoms with van der Waals surface area (Å²) in [7, 11) is 1.97. The van der Waals surface area contributed by atoms with Crippen molar-refractivity contribution in [3.63, 3.8) is 0 Å². The van der Waals surface area contributed by atoms with Gasteiger partial charge in [-0.15, -0.1) is 37.1 Å². The first kappa shape index (κ1) is 20.8. The van der Waals surface area contributed by atoms with Gasteiger partial charge in [0, 0.05) is 12.2 Å². The van der Waals surface area contributed by atoms with Crippen LogP contribution in [0.4, 0.5) is 18.9 Å². The molecular weight excluding hydrogens is 412 g/mol. The molecule has 3 N–H and O–H groups in total. The molecule has 0 heterocycles. The highest BCUT2D eigenvalue weighted by atomic mass is 127. The van der Waals surface area contributed by atoms with E-state index in [1.54, 1.807) is 0 Å². The van der Waals surface area contributed by atoms with Crippen molar-refractivity contribution < 1.29 is 17.9 Å². The number of likely N-dealkylation sites (N-methyl/N-ethyl adjacent to an activating group) is 1. The Morgan fingerprint density at radius 3 is 2.41 bits per heavy atom. The van der Waals surface area contributed by atoms with Crippen LogP contribution in [0.5, 0.6) is 5.75 Å². The molecule has 0 saturated heterocycles. The average Bonchev–Trinajstić information content (AvgIpc) is 2.39. The maximum atomic E-state index is 12.0. The first-order chi connectivity index (χ1) is 9.80. The van der Waals surface area contributed by atoms with Gasteiger partial charge in [-0.25, -0.2) is 0 Å². The van der Waals surface area contributed by atoms with E-state index in [0.29, 0.717) is 12.2 Å². The molecule has 0 spiro atoms. The Labute approximate surface area is 144 Å². The van der Waals surface area contributed by atoms with Crippen LogP contribution >= 0.6 is 24.0 Å². The normalized spacial score (nSPS) is 12.0. The third kappa shape index (κ3) is 8.93. The number of nitrogens with zero attached hydrogens (tertiary/aromatic N) is 2. The number of halogens is 4. The lowest BCUT2D eigenvalue weighted by Crippen LogP contribution is -2.26. The molecule has 0 fully saturated rings. The van der Waals surface area contributed by atoms with Gasteiger partial charge in [-0.2, -0.15) is 0 Å². The Hall–Kier alpha value is -1.23. The Morgan fingerprint density at radius 1 is 1.32 bits per heavy atom. The fraction of sp³-hybridized carbons (Fsp3) is 0.462. The summed E-state index contributed by atoms with van der Waals surface area (Å²) in [6.45, 7) is 4.27. The third-order valence-corrected chi connectivity index (χ3v) is 2.66. The van der Waals surface area contributed by atoms with Crippen LogP contribution in [0.25, 0.3) is 0 Å². The molecule has 0 amide bonds. The van der Waals surface area contributed by atoms with E-state index < -0.39 is 6.36 Å². The summed E-state index contributed by atoms with van der Waals surface area (Å²) in [4.78, 5) is 6.20. The maximum Gasteiger partial charge on any atom is 0.573 e. The van der Waals surface area contributed by atoms with E-state index in [2.05, 4.69) is 19.9 Å². The molecule has 126 valence electrons. The Morgan fingerprint density at radius 2 is 1.91 bits per heavy atom. The second-order valence-corrected chi connectivity index (χ2v) is 4.36. The number of hydrogen-bond donors (Lipinski definition) is 2. The van der Waals surface area contributed by atoms with Gasteiger partial charge in [0.2, 0.25) is 0 Å². The highest BCUT2D eigenvalue weighted by Gasteiger charge is 2.30. The molecule has 0 aliphatic carbocycles. The molecular formula is C13H20F3IN4O. The number of rotatable bonds is 6. The van der Waals surface area contributed by atoms with Gasteiger partial charge in [-0.05, 0) is 37.9 Å². The second-order valence-electron chi connectivity index (χ2n) is 4.36. The maximum absolute atomic E-state index is 12.0. The van der Waals surface area contributed by atoms with E-state index >= 15 is 0 Å². The van der Waals surface area contributed by atoms with Crippen LogP contribution in [0.15, 0.2) is 29.3 Å². The van der Waals surface area contributed by atoms with Crippen molar-refractivity contribution in [3.8, 4) is 5.75 Å². The van der Waals surface area contributed by atoms with Crippen LogP contribution in [0.1, 0.15) is 6.92 Å². The summed E-state index contributed by atoms with van der Waals surface area (Å²) in [5, 5.41) is 2.80. The minimum atomic E-state index is -4.69. The molecule has 0 aromatic heterocycles. The molecule has 0 bridgehead atoms. The number of nitrogens with two attached hydrogens (primary N) is 1. The summed E-state index contributed by atoms with van der Waals surface area (Å²) in [6.07, 6.45) is -4.69. The lowest BCUT2D eigenvalue weighted by molar-refractivity contribution is -0.274. The number of aliphatic imine (C=N–C) groups is 1. The molecule has 0 aliphatic rings. The van der Waals surface area contributed by atoms with Crippen LogP contribution in [-0.2, 0) is 0 Å². The summed E-state index contributed by atoms with van der Waals surface area (Å²) < 4.78 is 39.8. The fourth-order valence-electron chi connectivity index (χ4n) is 1.43. The molecule has 1 rings (SSSR count). The summed E-state index contributed by atoms with van der Waals surface area (Å²) in [6, 6.07) is 5.27. The van der Waals surface area contributed by atoms with Gasteiger partial charge in [0.1, 0.15) is 5.75 Å². The summed E-state index contributed by atoms with van der Waals surface area (Å²) in [5.41, 5.74) is 6.22. The Bertz CT molecular complexity index is 465. The number of anilines is 1. The van der Waals surface area contributed by atoms with Gasteiger partial charge >= 0.3 is 6.36 Å². The van der Waals surface area contributed by atoms with E-state index in [1.807, 2.05) is 14.0 Å². The van der Waals surface area contributed by atoms with E-state index in [0.717, 1.165) is 13.1 Å². The molecule has 9 heteroatoms. The van der Waals surface area contributed by atoms with E-state index in [1.165, 1.54) is 24.3 Å². The topological polar surface area (TPSA) is 62.9 Å². The van der Waals surface area contributed by atoms with Crippen molar-refractivity contribution in [2.75, 3.05) is 32.0 Å². The average molecular weight is 432 g/mol. The summed E-state index contributed by atoms with van der Waals surface area (Å²) in [5.74, 6) is -0.0721. The van der Waals surface area contributed by atoms with Crippen LogP contribution in [0.2, 0.25) is 0 Å². The van der Waals surface area contributed by atoms with Crippen LogP contribution < -0.4 is 15.8 Å². The smallest absolute Gasteiger partial charge is 0.406 e. The fourth-order valence-corrected chi connectivity index (χ4v) is 1.43. The number of ether oxygens (including phenoxy) is 1. The molecule has 5 nitrogen and oxygen atoms in total. The number of guanidine groups is 1. The van der Waals surface area contributed by atoms with Gasteiger partial charge < -0.3 is 20.7 Å². The molecule has 0 unspecified atom stereocenters. The number of nitrogens with one attached hydrogen (secondary N) is 1. The summed E-state index contributed by atoms with van der Waals surface area (Å²) >= 11 is 0. The second kappa shape index (κ2) is 9.72. The molecule has 1 aromatic rings. The van der Waals surface area contributed by atoms with Crippen molar-refractivity contribution in [3.05, 3.63) is 24.3 Å². The number of hydrogen-bond acceptors (Lipinski definition) is 3. The number of alkyl halides is 3. The molecule has 0 atom stereocenters. The first-order valence-corrected chi connectivity index (χ1v) is 6.41. The zero-order chi connectivity index (χ0) is 15.9. The van der Waals surface area contributed by atoms with E-state index in [-0.39, 0.29) is 35.7 Å². The highest BCUT2D eigenvalue weighted by molar-refractivity contribution is 14.0. The molecule has 0 radical (unpaired) electrons. The van der Waals surface area contributed by atoms with Crippen molar-refractivity contribution in [2.24, 2.45) is 10.7 Å². The minimum Gasteiger partial charge on any atom is -0.406 e. The van der Waals surface area contributed by atoms with Crippen molar-refractivity contribution in [1.29, 1.82) is 0 Å². The van der Waals surface area contributed by atoms with Gasteiger partial charge in [0.15, 0.2) is 5.96 Å². The zero-order valence-electron chi connectivity index (χ0n) is 12.4. The van der Waals surface area contributed by atoms with Gasteiger partial charge in [-0.3, -0.25) is 4.99 Å². The van der Waals surface area contributed by atoms with Gasteiger partial charge in [0.05, 0.1) is 6.54 Å². The molecule has 1 aromatic carbocycles. The lowest BCUT2D eigenvalue weighted by atomic mass is 10.3. The predicted octanol–water partition coefficient (Wildman–Crippen LogP) is 2.88. The Kier molecular flexibility index (Phi) is 9.18. The van der Waals surface area contributed by atoms with Crippen LogP contribution in [0.3, 0.4) is 0 Å². The molecule has 0 saturated carbocycles. The molecule has 0 aliphatic heterocycles. The minimum absolute atomic E-state index is 0. The SMILES string of the molecule is CCN(C)CCN=C(N)Nc1ccc(OC(F)(F)F)cc1.I. The van der Waals surface area contributed by atoms with Crippen LogP contribution in [0, 0.1) is 0 Å². The lowest BCUT2D eigenvalue weighted by Gasteiger charge is -2.12. The largest absolute Gasteiger partial charge is 0.573 e. The van der Waals surface area contributed by atoms with Gasteiger partial charge in [-0.1, -0.05) is 6.92 Å². The van der Waals surface area contributed by atoms with Crippen molar-refractivity contribution in [2.45, 2.75) is 13.3 Å². The predicted molar refractivity (Wildman–Crippen MR) is 91.8 cm³/mol. The van der Waals surface area contributed by atoms with Gasteiger partial charge in [0.25, 0.3) is 0 Å².